The Morgan fingerprint density at radius 2 is 2.28 bits per heavy atom. The van der Waals surface area contributed by atoms with E-state index in [1.807, 2.05) is 0 Å². The van der Waals surface area contributed by atoms with Gasteiger partial charge in [-0.3, -0.25) is 10.1 Å². The fourth-order valence-electron chi connectivity index (χ4n) is 1.50. The summed E-state index contributed by atoms with van der Waals surface area (Å²) < 4.78 is 2.09. The summed E-state index contributed by atoms with van der Waals surface area (Å²) in [5.41, 5.74) is 0.970. The Bertz CT molecular complexity index is 584. The van der Waals surface area contributed by atoms with Crippen molar-refractivity contribution in [1.29, 1.82) is 0 Å². The maximum absolute atomic E-state index is 10.9. The second kappa shape index (κ2) is 5.23. The third-order valence-corrected chi connectivity index (χ3v) is 2.82. The van der Waals surface area contributed by atoms with Crippen LogP contribution >= 0.6 is 15.9 Å². The minimum atomic E-state index is -0.440. The van der Waals surface area contributed by atoms with Crippen LogP contribution < -0.4 is 0 Å². The molecule has 0 bridgehead atoms. The topological polar surface area (TPSA) is 94.1 Å². The number of nitro groups is 1. The molecule has 1 aromatic carbocycles. The Labute approximate surface area is 110 Å². The lowest BCUT2D eigenvalue weighted by atomic mass is 10.2. The molecule has 0 amide bonds. The summed E-state index contributed by atoms with van der Waals surface area (Å²) in [6.07, 6.45) is 1.55. The average Bonchev–Trinajstić information content (AvgIpc) is 2.79. The molecule has 2 aromatic rings. The smallest absolute Gasteiger partial charge is 0.275 e. The number of aliphatic hydroxyl groups is 1. The highest BCUT2D eigenvalue weighted by atomic mass is 79.9. The molecule has 0 radical (unpaired) electrons. The van der Waals surface area contributed by atoms with Crippen LogP contribution in [0.25, 0.3) is 0 Å². The molecular weight excluding hydrogens is 304 g/mol. The van der Waals surface area contributed by atoms with Crippen molar-refractivity contribution in [3.63, 3.8) is 0 Å². The van der Waals surface area contributed by atoms with Crippen LogP contribution in [-0.2, 0) is 13.2 Å². The highest BCUT2D eigenvalue weighted by Gasteiger charge is 2.15. The van der Waals surface area contributed by atoms with E-state index in [1.165, 1.54) is 10.7 Å². The average molecular weight is 313 g/mol. The fourth-order valence-corrected chi connectivity index (χ4v) is 1.85. The first-order valence-electron chi connectivity index (χ1n) is 5.03. The minimum absolute atomic E-state index is 0.0189. The predicted molar refractivity (Wildman–Crippen MR) is 65.8 cm³/mol. The van der Waals surface area contributed by atoms with Crippen molar-refractivity contribution in [2.24, 2.45) is 0 Å². The van der Waals surface area contributed by atoms with Crippen molar-refractivity contribution in [2.45, 2.75) is 13.2 Å². The Morgan fingerprint density at radius 1 is 1.50 bits per heavy atom. The van der Waals surface area contributed by atoms with Gasteiger partial charge in [-0.05, 0) is 12.1 Å². The number of nitro benzene ring substituents is 1. The maximum Gasteiger partial charge on any atom is 0.275 e. The number of hydrogen-bond donors (Lipinski definition) is 1. The number of rotatable bonds is 4. The van der Waals surface area contributed by atoms with Crippen LogP contribution in [0.2, 0.25) is 0 Å². The molecule has 0 aliphatic carbocycles. The molecule has 0 aliphatic rings. The van der Waals surface area contributed by atoms with E-state index in [2.05, 4.69) is 26.2 Å². The van der Waals surface area contributed by atoms with Crippen molar-refractivity contribution in [3.05, 3.63) is 50.2 Å². The quantitative estimate of drug-likeness (QED) is 0.682. The normalized spacial score (nSPS) is 10.6. The van der Waals surface area contributed by atoms with Crippen LogP contribution in [0.15, 0.2) is 28.9 Å². The molecule has 0 atom stereocenters. The second-order valence-corrected chi connectivity index (χ2v) is 4.51. The van der Waals surface area contributed by atoms with Gasteiger partial charge in [0.1, 0.15) is 5.69 Å². The molecule has 0 spiro atoms. The third kappa shape index (κ3) is 2.71. The standard InChI is InChI=1S/C10H9BrN4O3/c11-8-2-1-7(10(3-8)15(17)18)4-14-5-9(6-16)12-13-14/h1-3,5,16H,4,6H2. The molecule has 0 saturated heterocycles. The molecule has 1 aromatic heterocycles. The number of nitrogens with zero attached hydrogens (tertiary/aromatic N) is 4. The van der Waals surface area contributed by atoms with Crippen molar-refractivity contribution in [2.75, 3.05) is 0 Å². The Kier molecular flexibility index (Phi) is 3.68. The zero-order chi connectivity index (χ0) is 13.1. The molecule has 8 heteroatoms. The summed E-state index contributed by atoms with van der Waals surface area (Å²) >= 11 is 3.19. The van der Waals surface area contributed by atoms with Gasteiger partial charge in [0.25, 0.3) is 5.69 Å². The van der Waals surface area contributed by atoms with E-state index in [4.69, 9.17) is 5.11 Å². The molecule has 0 aliphatic heterocycles. The lowest BCUT2D eigenvalue weighted by Crippen LogP contribution is -2.04. The van der Waals surface area contributed by atoms with Crippen LogP contribution in [0.5, 0.6) is 0 Å². The zero-order valence-electron chi connectivity index (χ0n) is 9.15. The highest BCUT2D eigenvalue weighted by Crippen LogP contribution is 2.24. The van der Waals surface area contributed by atoms with E-state index in [0.717, 1.165) is 0 Å². The lowest BCUT2D eigenvalue weighted by molar-refractivity contribution is -0.385. The Balaban J connectivity index is 2.30. The molecule has 0 unspecified atom stereocenters. The molecule has 2 rings (SSSR count). The molecular formula is C10H9BrN4O3. The van der Waals surface area contributed by atoms with Gasteiger partial charge in [-0.25, -0.2) is 4.68 Å². The molecule has 18 heavy (non-hydrogen) atoms. The molecule has 1 heterocycles. The van der Waals surface area contributed by atoms with E-state index in [-0.39, 0.29) is 18.8 Å². The van der Waals surface area contributed by atoms with Crippen molar-refractivity contribution in [3.8, 4) is 0 Å². The lowest BCUT2D eigenvalue weighted by Gasteiger charge is -2.03. The first kappa shape index (κ1) is 12.7. The van der Waals surface area contributed by atoms with Crippen LogP contribution in [-0.4, -0.2) is 25.0 Å². The second-order valence-electron chi connectivity index (χ2n) is 3.60. The van der Waals surface area contributed by atoms with Gasteiger partial charge in [0.05, 0.1) is 29.8 Å². The predicted octanol–water partition coefficient (Wildman–Crippen LogP) is 1.49. The number of hydrogen-bond acceptors (Lipinski definition) is 5. The third-order valence-electron chi connectivity index (χ3n) is 2.32. The summed E-state index contributed by atoms with van der Waals surface area (Å²) in [7, 11) is 0. The van der Waals surface area contributed by atoms with Crippen LogP contribution in [0.1, 0.15) is 11.3 Å². The van der Waals surface area contributed by atoms with Crippen molar-refractivity contribution < 1.29 is 10.0 Å². The summed E-state index contributed by atoms with van der Waals surface area (Å²) in [4.78, 5) is 10.5. The molecule has 0 fully saturated rings. The van der Waals surface area contributed by atoms with Gasteiger partial charge in [0.15, 0.2) is 0 Å². The van der Waals surface area contributed by atoms with Crippen molar-refractivity contribution in [1.82, 2.24) is 15.0 Å². The monoisotopic (exact) mass is 312 g/mol. The number of benzene rings is 1. The summed E-state index contributed by atoms with van der Waals surface area (Å²) in [6, 6.07) is 4.83. The maximum atomic E-state index is 10.9. The van der Waals surface area contributed by atoms with Gasteiger partial charge in [-0.1, -0.05) is 21.1 Å². The number of aliphatic hydroxyl groups excluding tert-OH is 1. The summed E-state index contributed by atoms with van der Waals surface area (Å²) in [5.74, 6) is 0. The van der Waals surface area contributed by atoms with Crippen LogP contribution in [0.3, 0.4) is 0 Å². The first-order chi connectivity index (χ1) is 8.60. The van der Waals surface area contributed by atoms with Gasteiger partial charge < -0.3 is 5.11 Å². The first-order valence-corrected chi connectivity index (χ1v) is 5.82. The SMILES string of the molecule is O=[N+]([O-])c1cc(Br)ccc1Cn1cc(CO)nn1. The summed E-state index contributed by atoms with van der Waals surface area (Å²) in [6.45, 7) is 0.0268. The fraction of sp³-hybridized carbons (Fsp3) is 0.200. The molecule has 7 nitrogen and oxygen atoms in total. The van der Waals surface area contributed by atoms with Gasteiger partial charge in [0, 0.05) is 10.5 Å². The summed E-state index contributed by atoms with van der Waals surface area (Å²) in [5, 5.41) is 27.3. The van der Waals surface area contributed by atoms with E-state index in [9.17, 15) is 10.1 Å². The molecule has 0 saturated carbocycles. The number of halogens is 1. The Morgan fingerprint density at radius 3 is 2.89 bits per heavy atom. The van der Waals surface area contributed by atoms with Crippen molar-refractivity contribution >= 4 is 21.6 Å². The van der Waals surface area contributed by atoms with Crippen LogP contribution in [0.4, 0.5) is 5.69 Å². The van der Waals surface area contributed by atoms with E-state index >= 15 is 0 Å². The van der Waals surface area contributed by atoms with Gasteiger partial charge in [0.2, 0.25) is 0 Å². The Hall–Kier alpha value is -1.80. The number of aromatic nitrogens is 3. The van der Waals surface area contributed by atoms with Crippen LogP contribution in [0, 0.1) is 10.1 Å². The minimum Gasteiger partial charge on any atom is -0.390 e. The van der Waals surface area contributed by atoms with Gasteiger partial charge in [-0.2, -0.15) is 0 Å². The van der Waals surface area contributed by atoms with Gasteiger partial charge >= 0.3 is 0 Å². The zero-order valence-corrected chi connectivity index (χ0v) is 10.7. The molecule has 94 valence electrons. The van der Waals surface area contributed by atoms with E-state index in [0.29, 0.717) is 15.7 Å². The van der Waals surface area contributed by atoms with Gasteiger partial charge in [-0.15, -0.1) is 5.10 Å². The van der Waals surface area contributed by atoms with E-state index < -0.39 is 4.92 Å². The molecule has 1 N–H and O–H groups in total. The van der Waals surface area contributed by atoms with E-state index in [1.54, 1.807) is 18.3 Å². The highest BCUT2D eigenvalue weighted by molar-refractivity contribution is 9.10. The largest absolute Gasteiger partial charge is 0.390 e.